The van der Waals surface area contributed by atoms with Crippen molar-refractivity contribution in [1.29, 1.82) is 0 Å². The van der Waals surface area contributed by atoms with Gasteiger partial charge < -0.3 is 14.6 Å². The lowest BCUT2D eigenvalue weighted by Gasteiger charge is -2.33. The lowest BCUT2D eigenvalue weighted by molar-refractivity contribution is 0.0743. The number of aliphatic hydroxyl groups is 1. The largest absolute Gasteiger partial charge is 0.493 e. The monoisotopic (exact) mass is 222 g/mol. The van der Waals surface area contributed by atoms with Crippen LogP contribution in [0.2, 0.25) is 0 Å². The van der Waals surface area contributed by atoms with Crippen molar-refractivity contribution in [2.75, 3.05) is 14.2 Å². The molecule has 1 aromatic rings. The Bertz CT molecular complexity index is 381. The van der Waals surface area contributed by atoms with E-state index in [1.54, 1.807) is 14.2 Å². The minimum Gasteiger partial charge on any atom is -0.493 e. The topological polar surface area (TPSA) is 38.7 Å². The van der Waals surface area contributed by atoms with Crippen molar-refractivity contribution < 1.29 is 14.6 Å². The summed E-state index contributed by atoms with van der Waals surface area (Å²) in [5.41, 5.74) is 2.47. The first kappa shape index (κ1) is 11.3. The van der Waals surface area contributed by atoms with Crippen molar-refractivity contribution in [3.05, 3.63) is 23.3 Å². The van der Waals surface area contributed by atoms with E-state index < -0.39 is 0 Å². The standard InChI is InChI=1S/C13H18O3/c1-8-4-12(15-2)13(16-3)7-11(8)9-5-10(14)6-9/h4,7,9-10,14H,5-6H2,1-3H3. The second-order valence-corrected chi connectivity index (χ2v) is 4.39. The Balaban J connectivity index is 2.31. The number of benzene rings is 1. The van der Waals surface area contributed by atoms with Crippen LogP contribution < -0.4 is 9.47 Å². The maximum Gasteiger partial charge on any atom is 0.161 e. The van der Waals surface area contributed by atoms with E-state index in [1.165, 1.54) is 11.1 Å². The van der Waals surface area contributed by atoms with E-state index in [9.17, 15) is 5.11 Å². The van der Waals surface area contributed by atoms with E-state index >= 15 is 0 Å². The van der Waals surface area contributed by atoms with Crippen LogP contribution >= 0.6 is 0 Å². The number of aliphatic hydroxyl groups excluding tert-OH is 1. The predicted octanol–water partition coefficient (Wildman–Crippen LogP) is 2.25. The van der Waals surface area contributed by atoms with Gasteiger partial charge in [-0.05, 0) is 48.9 Å². The molecule has 3 heteroatoms. The first-order valence-corrected chi connectivity index (χ1v) is 5.56. The van der Waals surface area contributed by atoms with Crippen LogP contribution in [-0.2, 0) is 0 Å². The van der Waals surface area contributed by atoms with Gasteiger partial charge in [-0.15, -0.1) is 0 Å². The van der Waals surface area contributed by atoms with Gasteiger partial charge in [0.25, 0.3) is 0 Å². The molecule has 0 heterocycles. The Labute approximate surface area is 96.0 Å². The van der Waals surface area contributed by atoms with Crippen LogP contribution in [0.4, 0.5) is 0 Å². The summed E-state index contributed by atoms with van der Waals surface area (Å²) >= 11 is 0. The molecule has 0 bridgehead atoms. The summed E-state index contributed by atoms with van der Waals surface area (Å²) in [7, 11) is 3.29. The van der Waals surface area contributed by atoms with E-state index in [0.29, 0.717) is 5.92 Å². The molecule has 0 radical (unpaired) electrons. The summed E-state index contributed by atoms with van der Waals surface area (Å²) in [6, 6.07) is 4.03. The molecule has 16 heavy (non-hydrogen) atoms. The first-order chi connectivity index (χ1) is 7.65. The quantitative estimate of drug-likeness (QED) is 0.852. The van der Waals surface area contributed by atoms with Crippen molar-refractivity contribution in [3.8, 4) is 11.5 Å². The Morgan fingerprint density at radius 3 is 2.19 bits per heavy atom. The zero-order chi connectivity index (χ0) is 11.7. The second kappa shape index (κ2) is 4.34. The highest BCUT2D eigenvalue weighted by Crippen LogP contribution is 2.42. The maximum absolute atomic E-state index is 9.34. The SMILES string of the molecule is COc1cc(C)c(C2CC(O)C2)cc1OC. The summed E-state index contributed by atoms with van der Waals surface area (Å²) in [6.07, 6.45) is 1.59. The number of hydrogen-bond acceptors (Lipinski definition) is 3. The normalized spacial score (nSPS) is 23.8. The van der Waals surface area contributed by atoms with Crippen LogP contribution in [0.3, 0.4) is 0 Å². The highest BCUT2D eigenvalue weighted by molar-refractivity contribution is 5.48. The smallest absolute Gasteiger partial charge is 0.161 e. The molecule has 2 rings (SSSR count). The van der Waals surface area contributed by atoms with Gasteiger partial charge in [-0.3, -0.25) is 0 Å². The molecule has 1 fully saturated rings. The molecule has 0 spiro atoms. The highest BCUT2D eigenvalue weighted by atomic mass is 16.5. The van der Waals surface area contributed by atoms with Gasteiger partial charge in [0.2, 0.25) is 0 Å². The van der Waals surface area contributed by atoms with E-state index in [-0.39, 0.29) is 6.10 Å². The van der Waals surface area contributed by atoms with Crippen molar-refractivity contribution >= 4 is 0 Å². The fourth-order valence-electron chi connectivity index (χ4n) is 2.28. The fourth-order valence-corrected chi connectivity index (χ4v) is 2.28. The number of hydrogen-bond donors (Lipinski definition) is 1. The van der Waals surface area contributed by atoms with Gasteiger partial charge in [0.05, 0.1) is 20.3 Å². The van der Waals surface area contributed by atoms with E-state index in [1.807, 2.05) is 12.1 Å². The predicted molar refractivity (Wildman–Crippen MR) is 62.3 cm³/mol. The molecule has 1 N–H and O–H groups in total. The van der Waals surface area contributed by atoms with Crippen LogP contribution in [0.5, 0.6) is 11.5 Å². The molecule has 3 nitrogen and oxygen atoms in total. The highest BCUT2D eigenvalue weighted by Gasteiger charge is 2.30. The Kier molecular flexibility index (Phi) is 3.06. The van der Waals surface area contributed by atoms with Crippen LogP contribution in [0.15, 0.2) is 12.1 Å². The molecular formula is C13H18O3. The number of aryl methyl sites for hydroxylation is 1. The van der Waals surface area contributed by atoms with Crippen LogP contribution in [0.25, 0.3) is 0 Å². The third-order valence-corrected chi connectivity index (χ3v) is 3.33. The molecule has 0 aromatic heterocycles. The summed E-state index contributed by atoms with van der Waals surface area (Å²) in [4.78, 5) is 0. The average Bonchev–Trinajstić information content (AvgIpc) is 2.25. The Morgan fingerprint density at radius 2 is 1.69 bits per heavy atom. The second-order valence-electron chi connectivity index (χ2n) is 4.39. The lowest BCUT2D eigenvalue weighted by Crippen LogP contribution is -2.27. The molecular weight excluding hydrogens is 204 g/mol. The molecule has 0 aliphatic heterocycles. The molecule has 0 atom stereocenters. The van der Waals surface area contributed by atoms with Crippen LogP contribution in [0, 0.1) is 6.92 Å². The van der Waals surface area contributed by atoms with Gasteiger partial charge in [-0.1, -0.05) is 0 Å². The van der Waals surface area contributed by atoms with E-state index in [2.05, 4.69) is 6.92 Å². The van der Waals surface area contributed by atoms with Gasteiger partial charge in [0, 0.05) is 0 Å². The molecule has 1 aliphatic carbocycles. The Morgan fingerprint density at radius 1 is 1.12 bits per heavy atom. The lowest BCUT2D eigenvalue weighted by atomic mass is 9.76. The molecule has 0 saturated heterocycles. The fraction of sp³-hybridized carbons (Fsp3) is 0.538. The maximum atomic E-state index is 9.34. The van der Waals surface area contributed by atoms with E-state index in [0.717, 1.165) is 24.3 Å². The zero-order valence-corrected chi connectivity index (χ0v) is 9.99. The molecule has 0 amide bonds. The minimum absolute atomic E-state index is 0.127. The summed E-state index contributed by atoms with van der Waals surface area (Å²) < 4.78 is 10.5. The first-order valence-electron chi connectivity index (χ1n) is 5.56. The van der Waals surface area contributed by atoms with Crippen molar-refractivity contribution in [3.63, 3.8) is 0 Å². The van der Waals surface area contributed by atoms with Gasteiger partial charge in [0.1, 0.15) is 0 Å². The third-order valence-electron chi connectivity index (χ3n) is 3.33. The van der Waals surface area contributed by atoms with Crippen LogP contribution in [-0.4, -0.2) is 25.4 Å². The molecule has 88 valence electrons. The third kappa shape index (κ3) is 1.87. The van der Waals surface area contributed by atoms with Gasteiger partial charge in [-0.25, -0.2) is 0 Å². The number of rotatable bonds is 3. The number of methoxy groups -OCH3 is 2. The molecule has 1 aliphatic rings. The minimum atomic E-state index is -0.127. The van der Waals surface area contributed by atoms with Gasteiger partial charge >= 0.3 is 0 Å². The molecule has 1 aromatic carbocycles. The van der Waals surface area contributed by atoms with E-state index in [4.69, 9.17) is 9.47 Å². The number of ether oxygens (including phenoxy) is 2. The zero-order valence-electron chi connectivity index (χ0n) is 9.99. The molecule has 1 saturated carbocycles. The summed E-state index contributed by atoms with van der Waals surface area (Å²) in [6.45, 7) is 2.07. The summed E-state index contributed by atoms with van der Waals surface area (Å²) in [5, 5.41) is 9.34. The van der Waals surface area contributed by atoms with Gasteiger partial charge in [-0.2, -0.15) is 0 Å². The molecule has 0 unspecified atom stereocenters. The van der Waals surface area contributed by atoms with Crippen LogP contribution in [0.1, 0.15) is 29.9 Å². The van der Waals surface area contributed by atoms with Crippen molar-refractivity contribution in [2.45, 2.75) is 31.8 Å². The summed E-state index contributed by atoms with van der Waals surface area (Å²) in [5.74, 6) is 2.00. The van der Waals surface area contributed by atoms with Gasteiger partial charge in [0.15, 0.2) is 11.5 Å². The Hall–Kier alpha value is -1.22. The van der Waals surface area contributed by atoms with Crippen molar-refractivity contribution in [2.24, 2.45) is 0 Å². The average molecular weight is 222 g/mol. The van der Waals surface area contributed by atoms with Crippen molar-refractivity contribution in [1.82, 2.24) is 0 Å².